The van der Waals surface area contributed by atoms with Gasteiger partial charge in [0.2, 0.25) is 5.91 Å². The lowest BCUT2D eigenvalue weighted by molar-refractivity contribution is -0.115. The van der Waals surface area contributed by atoms with Gasteiger partial charge in [-0.25, -0.2) is 0 Å². The van der Waals surface area contributed by atoms with E-state index in [9.17, 15) is 4.79 Å². The zero-order valence-corrected chi connectivity index (χ0v) is 13.1. The van der Waals surface area contributed by atoms with Crippen LogP contribution in [-0.4, -0.2) is 5.91 Å². The Balaban J connectivity index is 2.09. The number of hydrogen-bond acceptors (Lipinski definition) is 2. The molecule has 3 N–H and O–H groups in total. The van der Waals surface area contributed by atoms with Crippen molar-refractivity contribution in [3.05, 3.63) is 57.6 Å². The smallest absolute Gasteiger partial charge is 0.228 e. The number of nitrogens with one attached hydrogen (secondary N) is 1. The Bertz CT molecular complexity index is 630. The van der Waals surface area contributed by atoms with Gasteiger partial charge in [0, 0.05) is 15.8 Å². The van der Waals surface area contributed by atoms with Crippen LogP contribution in [0.3, 0.4) is 0 Å². The van der Waals surface area contributed by atoms with Gasteiger partial charge in [-0.3, -0.25) is 4.79 Å². The molecule has 0 heterocycles. The second-order valence-electron chi connectivity index (χ2n) is 4.89. The molecule has 0 aliphatic carbocycles. The van der Waals surface area contributed by atoms with Crippen LogP contribution in [0.15, 0.2) is 40.9 Å². The van der Waals surface area contributed by atoms with Crippen LogP contribution in [-0.2, 0) is 11.2 Å². The number of nitrogens with two attached hydrogens (primary N) is 1. The SMILES string of the molecule is Cc1cc(NC(=O)Cc2cccc(N)c2)cc(C)c1Br. The van der Waals surface area contributed by atoms with Crippen molar-refractivity contribution in [1.29, 1.82) is 0 Å². The Morgan fingerprint density at radius 2 is 1.85 bits per heavy atom. The molecule has 0 radical (unpaired) electrons. The number of carbonyl (C=O) groups excluding carboxylic acids is 1. The van der Waals surface area contributed by atoms with Crippen LogP contribution in [0.4, 0.5) is 11.4 Å². The molecule has 104 valence electrons. The van der Waals surface area contributed by atoms with E-state index in [-0.39, 0.29) is 5.91 Å². The summed E-state index contributed by atoms with van der Waals surface area (Å²) in [5, 5.41) is 2.92. The van der Waals surface area contributed by atoms with Crippen molar-refractivity contribution in [3.63, 3.8) is 0 Å². The molecular weight excluding hydrogens is 316 g/mol. The van der Waals surface area contributed by atoms with E-state index in [0.717, 1.165) is 26.9 Å². The summed E-state index contributed by atoms with van der Waals surface area (Å²) in [6.45, 7) is 4.01. The van der Waals surface area contributed by atoms with Crippen molar-refractivity contribution in [2.24, 2.45) is 0 Å². The summed E-state index contributed by atoms with van der Waals surface area (Å²) in [4.78, 5) is 12.0. The van der Waals surface area contributed by atoms with E-state index < -0.39 is 0 Å². The molecule has 4 heteroatoms. The lowest BCUT2D eigenvalue weighted by atomic mass is 10.1. The number of anilines is 2. The molecule has 0 aliphatic heterocycles. The van der Waals surface area contributed by atoms with Gasteiger partial charge in [-0.1, -0.05) is 28.1 Å². The first kappa shape index (κ1) is 14.6. The molecule has 0 bridgehead atoms. The van der Waals surface area contributed by atoms with Crippen molar-refractivity contribution in [1.82, 2.24) is 0 Å². The maximum Gasteiger partial charge on any atom is 0.228 e. The number of carbonyl (C=O) groups is 1. The molecule has 0 unspecified atom stereocenters. The molecule has 0 fully saturated rings. The molecule has 0 saturated heterocycles. The molecule has 0 aromatic heterocycles. The van der Waals surface area contributed by atoms with Crippen LogP contribution in [0.2, 0.25) is 0 Å². The van der Waals surface area contributed by atoms with Gasteiger partial charge in [-0.15, -0.1) is 0 Å². The van der Waals surface area contributed by atoms with E-state index in [1.807, 2.05) is 50.2 Å². The molecule has 0 spiro atoms. The fourth-order valence-electron chi connectivity index (χ4n) is 2.11. The molecule has 3 nitrogen and oxygen atoms in total. The number of nitrogen functional groups attached to an aromatic ring is 1. The van der Waals surface area contributed by atoms with Gasteiger partial charge in [0.25, 0.3) is 0 Å². The Morgan fingerprint density at radius 1 is 1.20 bits per heavy atom. The molecule has 1 amide bonds. The highest BCUT2D eigenvalue weighted by atomic mass is 79.9. The van der Waals surface area contributed by atoms with E-state index in [1.165, 1.54) is 0 Å². The average Bonchev–Trinajstić information content (AvgIpc) is 2.35. The molecule has 0 saturated carbocycles. The van der Waals surface area contributed by atoms with Crippen LogP contribution < -0.4 is 11.1 Å². The number of aryl methyl sites for hydroxylation is 2. The molecule has 2 aromatic rings. The minimum absolute atomic E-state index is 0.0447. The fourth-order valence-corrected chi connectivity index (χ4v) is 2.34. The van der Waals surface area contributed by atoms with Gasteiger partial charge in [-0.2, -0.15) is 0 Å². The van der Waals surface area contributed by atoms with Crippen molar-refractivity contribution in [2.75, 3.05) is 11.1 Å². The normalized spacial score (nSPS) is 10.3. The third-order valence-corrected chi connectivity index (χ3v) is 4.29. The van der Waals surface area contributed by atoms with E-state index in [0.29, 0.717) is 12.1 Å². The zero-order valence-electron chi connectivity index (χ0n) is 11.5. The summed E-state index contributed by atoms with van der Waals surface area (Å²) in [6, 6.07) is 11.3. The topological polar surface area (TPSA) is 55.1 Å². The molecule has 2 aromatic carbocycles. The quantitative estimate of drug-likeness (QED) is 0.839. The number of amides is 1. The highest BCUT2D eigenvalue weighted by Crippen LogP contribution is 2.25. The van der Waals surface area contributed by atoms with Crippen LogP contribution >= 0.6 is 15.9 Å². The second kappa shape index (κ2) is 6.09. The minimum Gasteiger partial charge on any atom is -0.399 e. The van der Waals surface area contributed by atoms with Crippen molar-refractivity contribution < 1.29 is 4.79 Å². The Labute approximate surface area is 127 Å². The third-order valence-electron chi connectivity index (χ3n) is 3.04. The van der Waals surface area contributed by atoms with E-state index in [2.05, 4.69) is 21.2 Å². The summed E-state index contributed by atoms with van der Waals surface area (Å²) >= 11 is 3.51. The predicted molar refractivity (Wildman–Crippen MR) is 86.8 cm³/mol. The van der Waals surface area contributed by atoms with E-state index in [4.69, 9.17) is 5.73 Å². The highest BCUT2D eigenvalue weighted by Gasteiger charge is 2.07. The summed E-state index contributed by atoms with van der Waals surface area (Å²) in [6.07, 6.45) is 0.319. The summed E-state index contributed by atoms with van der Waals surface area (Å²) in [5.74, 6) is -0.0447. The number of halogens is 1. The van der Waals surface area contributed by atoms with Crippen LogP contribution in [0, 0.1) is 13.8 Å². The molecule has 0 atom stereocenters. The van der Waals surface area contributed by atoms with E-state index in [1.54, 1.807) is 0 Å². The summed E-state index contributed by atoms with van der Waals surface area (Å²) in [5.41, 5.74) is 10.3. The van der Waals surface area contributed by atoms with Gasteiger partial charge in [0.15, 0.2) is 0 Å². The van der Waals surface area contributed by atoms with Gasteiger partial charge < -0.3 is 11.1 Å². The first-order valence-corrected chi connectivity index (χ1v) is 7.16. The molecular formula is C16H17BrN2O. The van der Waals surface area contributed by atoms with Crippen LogP contribution in [0.25, 0.3) is 0 Å². The predicted octanol–water partition coefficient (Wildman–Crippen LogP) is 3.83. The molecule has 2 rings (SSSR count). The number of rotatable bonds is 3. The standard InChI is InChI=1S/C16H17BrN2O/c1-10-6-14(7-11(2)16(10)17)19-15(20)9-12-4-3-5-13(18)8-12/h3-8H,9,18H2,1-2H3,(H,19,20). The Morgan fingerprint density at radius 3 is 2.45 bits per heavy atom. The van der Waals surface area contributed by atoms with Crippen molar-refractivity contribution >= 4 is 33.2 Å². The van der Waals surface area contributed by atoms with Crippen molar-refractivity contribution in [3.8, 4) is 0 Å². The first-order valence-electron chi connectivity index (χ1n) is 6.36. The number of benzene rings is 2. The largest absolute Gasteiger partial charge is 0.399 e. The minimum atomic E-state index is -0.0447. The third kappa shape index (κ3) is 3.61. The Hall–Kier alpha value is -1.81. The van der Waals surface area contributed by atoms with Crippen LogP contribution in [0.5, 0.6) is 0 Å². The monoisotopic (exact) mass is 332 g/mol. The van der Waals surface area contributed by atoms with Gasteiger partial charge in [0.05, 0.1) is 6.42 Å². The second-order valence-corrected chi connectivity index (χ2v) is 5.69. The molecule has 0 aliphatic rings. The lowest BCUT2D eigenvalue weighted by Crippen LogP contribution is -2.14. The lowest BCUT2D eigenvalue weighted by Gasteiger charge is -2.10. The van der Waals surface area contributed by atoms with Gasteiger partial charge in [-0.05, 0) is 54.8 Å². The molecule has 20 heavy (non-hydrogen) atoms. The van der Waals surface area contributed by atoms with Gasteiger partial charge >= 0.3 is 0 Å². The maximum atomic E-state index is 12.0. The zero-order chi connectivity index (χ0) is 14.7. The van der Waals surface area contributed by atoms with Crippen molar-refractivity contribution in [2.45, 2.75) is 20.3 Å². The maximum absolute atomic E-state index is 12.0. The fraction of sp³-hybridized carbons (Fsp3) is 0.188. The Kier molecular flexibility index (Phi) is 4.45. The highest BCUT2D eigenvalue weighted by molar-refractivity contribution is 9.10. The number of hydrogen-bond donors (Lipinski definition) is 2. The van der Waals surface area contributed by atoms with Gasteiger partial charge in [0.1, 0.15) is 0 Å². The summed E-state index contributed by atoms with van der Waals surface area (Å²) < 4.78 is 1.08. The summed E-state index contributed by atoms with van der Waals surface area (Å²) in [7, 11) is 0. The van der Waals surface area contributed by atoms with Crippen LogP contribution in [0.1, 0.15) is 16.7 Å². The average molecular weight is 333 g/mol. The first-order chi connectivity index (χ1) is 9.45. The van der Waals surface area contributed by atoms with E-state index >= 15 is 0 Å².